The summed E-state index contributed by atoms with van der Waals surface area (Å²) in [6, 6.07) is 15.9. The molecule has 0 saturated carbocycles. The van der Waals surface area contributed by atoms with Crippen LogP contribution in [0.15, 0.2) is 59.7 Å². The number of anilines is 1. The van der Waals surface area contributed by atoms with E-state index in [-0.39, 0.29) is 5.56 Å². The third-order valence-corrected chi connectivity index (χ3v) is 3.54. The first-order chi connectivity index (χ1) is 11.1. The minimum atomic E-state index is -0.964. The van der Waals surface area contributed by atoms with E-state index in [1.807, 2.05) is 30.3 Å². The van der Waals surface area contributed by atoms with Gasteiger partial charge in [0.15, 0.2) is 0 Å². The summed E-state index contributed by atoms with van der Waals surface area (Å²) in [5.74, 6) is -0.964. The van der Waals surface area contributed by atoms with Gasteiger partial charge in [0.05, 0.1) is 23.0 Å². The van der Waals surface area contributed by atoms with Gasteiger partial charge in [-0.15, -0.1) is 0 Å². The number of hydrogen-bond donors (Lipinski definition) is 2. The molecule has 0 spiro atoms. The molecule has 0 fully saturated rings. The topological polar surface area (TPSA) is 74.6 Å². The molecule has 0 aliphatic carbocycles. The summed E-state index contributed by atoms with van der Waals surface area (Å²) < 4.78 is 0. The Kier molecular flexibility index (Phi) is 4.21. The number of aromatic carboxylic acids is 1. The van der Waals surface area contributed by atoms with E-state index in [1.54, 1.807) is 18.3 Å². The first kappa shape index (κ1) is 15.0. The highest BCUT2D eigenvalue weighted by Gasteiger charge is 2.03. The minimum absolute atomic E-state index is 0.223. The summed E-state index contributed by atoms with van der Waals surface area (Å²) >= 11 is 6.15. The van der Waals surface area contributed by atoms with Gasteiger partial charge in [-0.3, -0.25) is 5.43 Å². The van der Waals surface area contributed by atoms with Crippen LogP contribution < -0.4 is 5.43 Å². The molecule has 0 aliphatic heterocycles. The van der Waals surface area contributed by atoms with Gasteiger partial charge in [-0.2, -0.15) is 5.10 Å². The van der Waals surface area contributed by atoms with Crippen molar-refractivity contribution in [3.05, 3.63) is 70.9 Å². The van der Waals surface area contributed by atoms with Gasteiger partial charge in [0.2, 0.25) is 0 Å². The number of nitrogens with one attached hydrogen (secondary N) is 1. The number of carbonyl (C=O) groups is 1. The van der Waals surface area contributed by atoms with Gasteiger partial charge in [0.25, 0.3) is 0 Å². The van der Waals surface area contributed by atoms with Crippen molar-refractivity contribution < 1.29 is 9.90 Å². The normalized spacial score (nSPS) is 11.0. The zero-order valence-corrected chi connectivity index (χ0v) is 12.7. The summed E-state index contributed by atoms with van der Waals surface area (Å²) in [4.78, 5) is 15.1. The van der Waals surface area contributed by atoms with Crippen molar-refractivity contribution in [1.29, 1.82) is 0 Å². The molecule has 114 valence electrons. The number of fused-ring (bicyclic) bond motifs is 1. The molecule has 5 nitrogen and oxygen atoms in total. The Morgan fingerprint density at radius 3 is 2.65 bits per heavy atom. The molecule has 1 heterocycles. The molecular formula is C17H12ClN3O2. The lowest BCUT2D eigenvalue weighted by Crippen LogP contribution is -1.97. The number of nitrogens with zero attached hydrogens (tertiary/aromatic N) is 2. The lowest BCUT2D eigenvalue weighted by atomic mass is 10.2. The van der Waals surface area contributed by atoms with Crippen molar-refractivity contribution in [3.8, 4) is 0 Å². The Balaban J connectivity index is 1.77. The Hall–Kier alpha value is -2.92. The van der Waals surface area contributed by atoms with E-state index in [2.05, 4.69) is 15.5 Å². The molecule has 0 saturated heterocycles. The summed E-state index contributed by atoms with van der Waals surface area (Å²) in [5, 5.41) is 14.3. The fraction of sp³-hybridized carbons (Fsp3) is 0. The number of halogens is 1. The number of carboxylic acids is 1. The van der Waals surface area contributed by atoms with E-state index in [4.69, 9.17) is 16.7 Å². The fourth-order valence-electron chi connectivity index (χ4n) is 2.06. The zero-order chi connectivity index (χ0) is 16.2. The molecule has 0 atom stereocenters. The number of aromatic nitrogens is 1. The standard InChI is InChI=1S/C17H12ClN3O2/c18-16-13(9-12-3-1-2-4-15(12)20-16)10-19-21-14-7-5-11(6-8-14)17(22)23/h1-10,21H,(H,22,23)/b19-10+. The highest BCUT2D eigenvalue weighted by molar-refractivity contribution is 6.32. The van der Waals surface area contributed by atoms with Gasteiger partial charge in [-0.25, -0.2) is 9.78 Å². The van der Waals surface area contributed by atoms with Crippen LogP contribution in [-0.4, -0.2) is 22.3 Å². The fourth-order valence-corrected chi connectivity index (χ4v) is 2.26. The second kappa shape index (κ2) is 6.46. The number of rotatable bonds is 4. The molecule has 3 rings (SSSR count). The SMILES string of the molecule is O=C(O)c1ccc(N/N=C/c2cc3ccccc3nc2Cl)cc1. The predicted molar refractivity (Wildman–Crippen MR) is 91.4 cm³/mol. The molecule has 6 heteroatoms. The number of hydrogen-bond acceptors (Lipinski definition) is 4. The van der Waals surface area contributed by atoms with Crippen LogP contribution in [-0.2, 0) is 0 Å². The molecule has 0 unspecified atom stereocenters. The van der Waals surface area contributed by atoms with Gasteiger partial charge in [-0.1, -0.05) is 29.8 Å². The second-order valence-electron chi connectivity index (χ2n) is 4.81. The van der Waals surface area contributed by atoms with Crippen LogP contribution in [0.2, 0.25) is 5.15 Å². The van der Waals surface area contributed by atoms with Gasteiger partial charge >= 0.3 is 5.97 Å². The van der Waals surface area contributed by atoms with Crippen LogP contribution >= 0.6 is 11.6 Å². The number of carboxylic acid groups (broad SMARTS) is 1. The maximum atomic E-state index is 10.8. The highest BCUT2D eigenvalue weighted by atomic mass is 35.5. The number of hydrazone groups is 1. The van der Waals surface area contributed by atoms with Crippen molar-refractivity contribution in [2.75, 3.05) is 5.43 Å². The summed E-state index contributed by atoms with van der Waals surface area (Å²) in [5.41, 5.74) is 5.25. The molecule has 0 bridgehead atoms. The number of para-hydroxylation sites is 1. The number of pyridine rings is 1. The van der Waals surface area contributed by atoms with E-state index < -0.39 is 5.97 Å². The third-order valence-electron chi connectivity index (χ3n) is 3.23. The van der Waals surface area contributed by atoms with E-state index >= 15 is 0 Å². The predicted octanol–water partition coefficient (Wildman–Crippen LogP) is 4.03. The Labute approximate surface area is 137 Å². The summed E-state index contributed by atoms with van der Waals surface area (Å²) in [6.07, 6.45) is 1.58. The molecule has 23 heavy (non-hydrogen) atoms. The Bertz CT molecular complexity index is 892. The highest BCUT2D eigenvalue weighted by Crippen LogP contribution is 2.19. The van der Waals surface area contributed by atoms with Crippen LogP contribution in [0.1, 0.15) is 15.9 Å². The number of benzene rings is 2. The van der Waals surface area contributed by atoms with Gasteiger partial charge in [0, 0.05) is 10.9 Å². The second-order valence-corrected chi connectivity index (χ2v) is 5.17. The smallest absolute Gasteiger partial charge is 0.335 e. The molecule has 0 radical (unpaired) electrons. The average molecular weight is 326 g/mol. The monoisotopic (exact) mass is 325 g/mol. The largest absolute Gasteiger partial charge is 0.478 e. The van der Waals surface area contributed by atoms with Crippen LogP contribution in [0.4, 0.5) is 5.69 Å². The zero-order valence-electron chi connectivity index (χ0n) is 11.9. The van der Waals surface area contributed by atoms with Crippen molar-refractivity contribution in [1.82, 2.24) is 4.98 Å². The van der Waals surface area contributed by atoms with Crippen LogP contribution in [0, 0.1) is 0 Å². The third kappa shape index (κ3) is 3.46. The Morgan fingerprint density at radius 2 is 1.91 bits per heavy atom. The molecule has 0 aliphatic rings. The van der Waals surface area contributed by atoms with Gasteiger partial charge in [-0.05, 0) is 36.4 Å². The van der Waals surface area contributed by atoms with Crippen molar-refractivity contribution in [3.63, 3.8) is 0 Å². The first-order valence-corrected chi connectivity index (χ1v) is 7.19. The van der Waals surface area contributed by atoms with E-state index in [1.165, 1.54) is 12.1 Å². The molecule has 3 aromatic rings. The summed E-state index contributed by atoms with van der Waals surface area (Å²) in [7, 11) is 0. The van der Waals surface area contributed by atoms with Crippen molar-refractivity contribution in [2.45, 2.75) is 0 Å². The maximum absolute atomic E-state index is 10.8. The van der Waals surface area contributed by atoms with Crippen molar-refractivity contribution >= 4 is 40.4 Å². The average Bonchev–Trinajstić information content (AvgIpc) is 2.56. The Morgan fingerprint density at radius 1 is 1.17 bits per heavy atom. The quantitative estimate of drug-likeness (QED) is 0.431. The molecular weight excluding hydrogens is 314 g/mol. The van der Waals surface area contributed by atoms with Gasteiger partial charge in [0.1, 0.15) is 5.15 Å². The van der Waals surface area contributed by atoms with E-state index in [9.17, 15) is 4.79 Å². The lowest BCUT2D eigenvalue weighted by molar-refractivity contribution is 0.0697. The van der Waals surface area contributed by atoms with Crippen LogP contribution in [0.5, 0.6) is 0 Å². The van der Waals surface area contributed by atoms with Crippen molar-refractivity contribution in [2.24, 2.45) is 5.10 Å². The molecule has 1 aromatic heterocycles. The maximum Gasteiger partial charge on any atom is 0.335 e. The molecule has 0 amide bonds. The van der Waals surface area contributed by atoms with Gasteiger partial charge < -0.3 is 5.11 Å². The molecule has 2 aromatic carbocycles. The summed E-state index contributed by atoms with van der Waals surface area (Å²) in [6.45, 7) is 0. The lowest BCUT2D eigenvalue weighted by Gasteiger charge is -2.03. The van der Waals surface area contributed by atoms with Crippen LogP contribution in [0.3, 0.4) is 0 Å². The first-order valence-electron chi connectivity index (χ1n) is 6.81. The van der Waals surface area contributed by atoms with E-state index in [0.717, 1.165) is 10.9 Å². The minimum Gasteiger partial charge on any atom is -0.478 e. The molecule has 2 N–H and O–H groups in total. The van der Waals surface area contributed by atoms with E-state index in [0.29, 0.717) is 16.4 Å². The van der Waals surface area contributed by atoms with Crippen LogP contribution in [0.25, 0.3) is 10.9 Å².